The first-order valence-electron chi connectivity index (χ1n) is 8.92. The van der Waals surface area contributed by atoms with Crippen molar-refractivity contribution in [3.8, 4) is 0 Å². The van der Waals surface area contributed by atoms with Crippen LogP contribution in [0.2, 0.25) is 0 Å². The summed E-state index contributed by atoms with van der Waals surface area (Å²) in [7, 11) is 0. The zero-order chi connectivity index (χ0) is 18.1. The van der Waals surface area contributed by atoms with Gasteiger partial charge in [-0.15, -0.1) is 0 Å². The maximum Gasteiger partial charge on any atom is 0.255 e. The van der Waals surface area contributed by atoms with E-state index in [4.69, 9.17) is 0 Å². The van der Waals surface area contributed by atoms with Crippen molar-refractivity contribution in [3.63, 3.8) is 0 Å². The summed E-state index contributed by atoms with van der Waals surface area (Å²) in [5.74, 6) is -0.358. The van der Waals surface area contributed by atoms with Crippen LogP contribution in [0.4, 0.5) is 5.69 Å². The van der Waals surface area contributed by atoms with E-state index in [1.54, 1.807) is 24.3 Å². The average molecular weight is 338 g/mol. The standard InChI is InChI=1S/C21H26N2O2/c1-3-5-6-14-22-20(24)17-8-7-9-18(15-17)21(25)23-19-12-10-16(4-2)11-13-19/h7-13,15H,3-6,14H2,1-2H3,(H,22,24)(H,23,25). The van der Waals surface area contributed by atoms with Gasteiger partial charge in [0.15, 0.2) is 0 Å². The fourth-order valence-electron chi connectivity index (χ4n) is 2.51. The minimum atomic E-state index is -0.218. The Balaban J connectivity index is 1.99. The molecule has 2 rings (SSSR count). The fraction of sp³-hybridized carbons (Fsp3) is 0.333. The summed E-state index contributed by atoms with van der Waals surface area (Å²) in [4.78, 5) is 24.6. The first-order valence-corrected chi connectivity index (χ1v) is 8.92. The van der Waals surface area contributed by atoms with Gasteiger partial charge in [-0.2, -0.15) is 0 Å². The zero-order valence-corrected chi connectivity index (χ0v) is 15.0. The largest absolute Gasteiger partial charge is 0.352 e. The van der Waals surface area contributed by atoms with Gasteiger partial charge < -0.3 is 10.6 Å². The van der Waals surface area contributed by atoms with Crippen molar-refractivity contribution in [3.05, 3.63) is 65.2 Å². The van der Waals surface area contributed by atoms with Gasteiger partial charge in [0.1, 0.15) is 0 Å². The fourth-order valence-corrected chi connectivity index (χ4v) is 2.51. The molecule has 0 unspecified atom stereocenters. The highest BCUT2D eigenvalue weighted by atomic mass is 16.2. The van der Waals surface area contributed by atoms with E-state index in [9.17, 15) is 9.59 Å². The number of aryl methyl sites for hydroxylation is 1. The number of benzene rings is 2. The van der Waals surface area contributed by atoms with Gasteiger partial charge in [-0.1, -0.05) is 44.9 Å². The number of carbonyl (C=O) groups excluding carboxylic acids is 2. The Morgan fingerprint density at radius 3 is 2.20 bits per heavy atom. The van der Waals surface area contributed by atoms with E-state index >= 15 is 0 Å². The van der Waals surface area contributed by atoms with Gasteiger partial charge in [0.25, 0.3) is 11.8 Å². The highest BCUT2D eigenvalue weighted by Gasteiger charge is 2.10. The molecule has 0 fully saturated rings. The second kappa shape index (κ2) is 9.62. The van der Waals surface area contributed by atoms with Crippen molar-refractivity contribution in [1.82, 2.24) is 5.32 Å². The van der Waals surface area contributed by atoms with Gasteiger partial charge in [0.05, 0.1) is 0 Å². The topological polar surface area (TPSA) is 58.2 Å². The molecule has 2 aromatic rings. The number of hydrogen-bond acceptors (Lipinski definition) is 2. The predicted octanol–water partition coefficient (Wildman–Crippen LogP) is 4.42. The minimum Gasteiger partial charge on any atom is -0.352 e. The van der Waals surface area contributed by atoms with Crippen molar-refractivity contribution in [2.24, 2.45) is 0 Å². The van der Waals surface area contributed by atoms with E-state index in [1.165, 1.54) is 5.56 Å². The van der Waals surface area contributed by atoms with Crippen LogP contribution in [0.1, 0.15) is 59.4 Å². The van der Waals surface area contributed by atoms with Gasteiger partial charge >= 0.3 is 0 Å². The summed E-state index contributed by atoms with van der Waals surface area (Å²) in [6.45, 7) is 4.87. The Morgan fingerprint density at radius 1 is 0.880 bits per heavy atom. The van der Waals surface area contributed by atoms with Crippen LogP contribution < -0.4 is 10.6 Å². The van der Waals surface area contributed by atoms with E-state index in [-0.39, 0.29) is 11.8 Å². The molecule has 0 radical (unpaired) electrons. The van der Waals surface area contributed by atoms with E-state index in [0.29, 0.717) is 17.7 Å². The summed E-state index contributed by atoms with van der Waals surface area (Å²) in [5, 5.41) is 5.76. The second-order valence-electron chi connectivity index (χ2n) is 6.05. The average Bonchev–Trinajstić information content (AvgIpc) is 2.65. The highest BCUT2D eigenvalue weighted by molar-refractivity contribution is 6.06. The Kier molecular flexibility index (Phi) is 7.20. The molecular formula is C21H26N2O2. The lowest BCUT2D eigenvalue weighted by Crippen LogP contribution is -2.24. The third kappa shape index (κ3) is 5.75. The summed E-state index contributed by atoms with van der Waals surface area (Å²) >= 11 is 0. The van der Waals surface area contributed by atoms with E-state index in [0.717, 1.165) is 31.4 Å². The van der Waals surface area contributed by atoms with Crippen molar-refractivity contribution >= 4 is 17.5 Å². The molecule has 2 aromatic carbocycles. The molecule has 0 aliphatic heterocycles. The molecule has 2 N–H and O–H groups in total. The van der Waals surface area contributed by atoms with Crippen LogP contribution in [0.15, 0.2) is 48.5 Å². The zero-order valence-electron chi connectivity index (χ0n) is 15.0. The van der Waals surface area contributed by atoms with Gasteiger partial charge in [-0.05, 0) is 48.7 Å². The van der Waals surface area contributed by atoms with Crippen LogP contribution in [0, 0.1) is 0 Å². The lowest BCUT2D eigenvalue weighted by molar-refractivity contribution is 0.0953. The smallest absolute Gasteiger partial charge is 0.255 e. The third-order valence-corrected chi connectivity index (χ3v) is 4.07. The molecule has 0 spiro atoms. The van der Waals surface area contributed by atoms with Crippen LogP contribution in [0.5, 0.6) is 0 Å². The number of rotatable bonds is 8. The number of hydrogen-bond donors (Lipinski definition) is 2. The number of nitrogens with one attached hydrogen (secondary N) is 2. The minimum absolute atomic E-state index is 0.141. The third-order valence-electron chi connectivity index (χ3n) is 4.07. The van der Waals surface area contributed by atoms with Crippen molar-refractivity contribution in [2.45, 2.75) is 39.5 Å². The Hall–Kier alpha value is -2.62. The van der Waals surface area contributed by atoms with E-state index in [2.05, 4.69) is 24.5 Å². The molecule has 4 nitrogen and oxygen atoms in total. The Labute approximate surface area is 149 Å². The van der Waals surface area contributed by atoms with Gasteiger partial charge in [0, 0.05) is 23.4 Å². The van der Waals surface area contributed by atoms with Crippen LogP contribution in [-0.4, -0.2) is 18.4 Å². The molecule has 0 aromatic heterocycles. The highest BCUT2D eigenvalue weighted by Crippen LogP contribution is 2.13. The van der Waals surface area contributed by atoms with Crippen LogP contribution >= 0.6 is 0 Å². The number of amides is 2. The predicted molar refractivity (Wildman–Crippen MR) is 102 cm³/mol. The maximum absolute atomic E-state index is 12.4. The van der Waals surface area contributed by atoms with Gasteiger partial charge in [-0.3, -0.25) is 9.59 Å². The molecule has 0 aliphatic rings. The van der Waals surface area contributed by atoms with Crippen LogP contribution in [0.25, 0.3) is 0 Å². The molecular weight excluding hydrogens is 312 g/mol. The molecule has 2 amide bonds. The summed E-state index contributed by atoms with van der Waals surface area (Å²) in [6, 6.07) is 14.6. The maximum atomic E-state index is 12.4. The molecule has 0 bridgehead atoms. The normalized spacial score (nSPS) is 10.3. The van der Waals surface area contributed by atoms with Gasteiger partial charge in [0.2, 0.25) is 0 Å². The summed E-state index contributed by atoms with van der Waals surface area (Å²) in [6.07, 6.45) is 4.14. The number of anilines is 1. The van der Waals surface area contributed by atoms with Crippen molar-refractivity contribution < 1.29 is 9.59 Å². The first-order chi connectivity index (χ1) is 12.1. The summed E-state index contributed by atoms with van der Waals surface area (Å²) in [5.41, 5.74) is 2.95. The monoisotopic (exact) mass is 338 g/mol. The quantitative estimate of drug-likeness (QED) is 0.700. The SMILES string of the molecule is CCCCCNC(=O)c1cccc(C(=O)Nc2ccc(CC)cc2)c1. The van der Waals surface area contributed by atoms with Crippen molar-refractivity contribution in [1.29, 1.82) is 0 Å². The Morgan fingerprint density at radius 2 is 1.56 bits per heavy atom. The molecule has 0 aliphatic carbocycles. The van der Waals surface area contributed by atoms with Gasteiger partial charge in [-0.25, -0.2) is 0 Å². The lowest BCUT2D eigenvalue weighted by Gasteiger charge is -2.08. The first kappa shape index (κ1) is 18.7. The van der Waals surface area contributed by atoms with E-state index < -0.39 is 0 Å². The Bertz CT molecular complexity index is 708. The number of carbonyl (C=O) groups is 2. The summed E-state index contributed by atoms with van der Waals surface area (Å²) < 4.78 is 0. The van der Waals surface area contributed by atoms with Crippen LogP contribution in [0.3, 0.4) is 0 Å². The van der Waals surface area contributed by atoms with Crippen molar-refractivity contribution in [2.75, 3.05) is 11.9 Å². The molecule has 0 saturated heterocycles. The lowest BCUT2D eigenvalue weighted by atomic mass is 10.1. The second-order valence-corrected chi connectivity index (χ2v) is 6.05. The molecule has 0 atom stereocenters. The van der Waals surface area contributed by atoms with E-state index in [1.807, 2.05) is 24.3 Å². The molecule has 4 heteroatoms. The number of unbranched alkanes of at least 4 members (excludes halogenated alkanes) is 2. The molecule has 0 saturated carbocycles. The molecule has 25 heavy (non-hydrogen) atoms. The molecule has 0 heterocycles. The van der Waals surface area contributed by atoms with Crippen LogP contribution in [-0.2, 0) is 6.42 Å². The molecule has 132 valence electrons.